The molecule has 0 aliphatic rings. The van der Waals surface area contributed by atoms with Crippen LogP contribution in [0.4, 0.5) is 0 Å². The highest BCUT2D eigenvalue weighted by atomic mass is 16.5. The zero-order chi connectivity index (χ0) is 19.7. The van der Waals surface area contributed by atoms with Gasteiger partial charge < -0.3 is 15.2 Å². The average Bonchev–Trinajstić information content (AvgIpc) is 2.70. The van der Waals surface area contributed by atoms with Crippen molar-refractivity contribution in [1.82, 2.24) is 5.32 Å². The summed E-state index contributed by atoms with van der Waals surface area (Å²) in [5.41, 5.74) is 1.69. The molecule has 0 saturated carbocycles. The lowest BCUT2D eigenvalue weighted by molar-refractivity contribution is 0.0927. The summed E-state index contributed by atoms with van der Waals surface area (Å²) < 4.78 is 5.76. The molecule has 4 heteroatoms. The van der Waals surface area contributed by atoms with Gasteiger partial charge in [0.1, 0.15) is 18.5 Å². The molecule has 0 unspecified atom stereocenters. The van der Waals surface area contributed by atoms with Gasteiger partial charge in [0.25, 0.3) is 0 Å². The lowest BCUT2D eigenvalue weighted by Gasteiger charge is -2.26. The number of benzene rings is 2. The molecule has 0 bridgehead atoms. The van der Waals surface area contributed by atoms with Crippen LogP contribution < -0.4 is 10.1 Å². The zero-order valence-corrected chi connectivity index (χ0v) is 16.6. The molecular formula is C23H31NO3. The number of aryl methyl sites for hydroxylation is 1. The fourth-order valence-electron chi connectivity index (χ4n) is 2.62. The molecule has 0 aromatic heterocycles. The number of hydrogen-bond donors (Lipinski definition) is 2. The molecule has 0 aliphatic carbocycles. The average molecular weight is 370 g/mol. The predicted octanol–water partition coefficient (Wildman–Crippen LogP) is 4.02. The van der Waals surface area contributed by atoms with Gasteiger partial charge in [-0.25, -0.2) is 0 Å². The van der Waals surface area contributed by atoms with E-state index in [-0.39, 0.29) is 17.9 Å². The Morgan fingerprint density at radius 2 is 1.78 bits per heavy atom. The van der Waals surface area contributed by atoms with Crippen molar-refractivity contribution < 1.29 is 14.6 Å². The van der Waals surface area contributed by atoms with Gasteiger partial charge >= 0.3 is 0 Å². The van der Waals surface area contributed by atoms with Crippen LogP contribution in [-0.4, -0.2) is 35.7 Å². The first-order valence-corrected chi connectivity index (χ1v) is 9.63. The molecule has 2 aromatic carbocycles. The Morgan fingerprint density at radius 1 is 1.11 bits per heavy atom. The first-order valence-electron chi connectivity index (χ1n) is 9.63. The molecule has 0 spiro atoms. The van der Waals surface area contributed by atoms with E-state index in [2.05, 4.69) is 26.1 Å². The van der Waals surface area contributed by atoms with Crippen molar-refractivity contribution in [2.45, 2.75) is 51.7 Å². The number of carbonyl (C=O) groups excluding carboxylic acids is 1. The van der Waals surface area contributed by atoms with Crippen LogP contribution in [0.2, 0.25) is 0 Å². The Hall–Kier alpha value is -2.17. The van der Waals surface area contributed by atoms with Crippen molar-refractivity contribution in [1.29, 1.82) is 0 Å². The smallest absolute Gasteiger partial charge is 0.166 e. The number of aliphatic hydroxyl groups excluding tert-OH is 1. The van der Waals surface area contributed by atoms with Crippen LogP contribution in [0.5, 0.6) is 5.75 Å². The van der Waals surface area contributed by atoms with Crippen LogP contribution in [0.15, 0.2) is 54.6 Å². The fraction of sp³-hybridized carbons (Fsp3) is 0.435. The van der Waals surface area contributed by atoms with Gasteiger partial charge in [-0.15, -0.1) is 0 Å². The van der Waals surface area contributed by atoms with Crippen LogP contribution >= 0.6 is 0 Å². The Kier molecular flexibility index (Phi) is 8.01. The third-order valence-electron chi connectivity index (χ3n) is 4.80. The Bertz CT molecular complexity index is 713. The Morgan fingerprint density at radius 3 is 2.48 bits per heavy atom. The quantitative estimate of drug-likeness (QED) is 0.588. The first kappa shape index (κ1) is 21.1. The van der Waals surface area contributed by atoms with Crippen LogP contribution in [0.25, 0.3) is 0 Å². The van der Waals surface area contributed by atoms with E-state index in [1.165, 1.54) is 0 Å². The van der Waals surface area contributed by atoms with E-state index >= 15 is 0 Å². The number of nitrogens with one attached hydrogen (secondary N) is 1. The number of hydrogen-bond acceptors (Lipinski definition) is 4. The minimum atomic E-state index is -0.636. The minimum Gasteiger partial charge on any atom is -0.490 e. The molecule has 4 nitrogen and oxygen atoms in total. The lowest BCUT2D eigenvalue weighted by atomic mass is 10.0. The standard InChI is InChI=1S/C23H31NO3/c1-4-23(2,3)24-16-19(25)17-27-22-13-9-8-12-20(22)21(26)15-14-18-10-6-5-7-11-18/h5-13,19,24-25H,4,14-17H2,1-3H3/t19-/m1/s1. The second kappa shape index (κ2) is 10.2. The van der Waals surface area contributed by atoms with Crippen LogP contribution in [-0.2, 0) is 6.42 Å². The van der Waals surface area contributed by atoms with Crippen LogP contribution in [0.1, 0.15) is 49.5 Å². The summed E-state index contributed by atoms with van der Waals surface area (Å²) in [5, 5.41) is 13.5. The molecule has 2 N–H and O–H groups in total. The summed E-state index contributed by atoms with van der Waals surface area (Å²) in [4.78, 5) is 12.6. The van der Waals surface area contributed by atoms with Crippen molar-refractivity contribution in [3.63, 3.8) is 0 Å². The third kappa shape index (κ3) is 7.16. The number of para-hydroxylation sites is 1. The molecule has 0 aliphatic heterocycles. The number of ketones is 1. The summed E-state index contributed by atoms with van der Waals surface area (Å²) >= 11 is 0. The van der Waals surface area contributed by atoms with Crippen molar-refractivity contribution in [2.75, 3.05) is 13.2 Å². The van der Waals surface area contributed by atoms with E-state index < -0.39 is 6.10 Å². The molecule has 2 rings (SSSR count). The van der Waals surface area contributed by atoms with Gasteiger partial charge in [0.05, 0.1) is 5.56 Å². The van der Waals surface area contributed by atoms with E-state index in [1.807, 2.05) is 42.5 Å². The Balaban J connectivity index is 1.89. The molecule has 0 heterocycles. The number of β-amino-alcohol motifs (C(OH)–C–C–N with tert-alkyl or cyclic N) is 1. The number of rotatable bonds is 11. The summed E-state index contributed by atoms with van der Waals surface area (Å²) in [6, 6.07) is 17.2. The minimum absolute atomic E-state index is 0.0215. The van der Waals surface area contributed by atoms with E-state index in [0.29, 0.717) is 30.7 Å². The van der Waals surface area contributed by atoms with Crippen LogP contribution in [0, 0.1) is 0 Å². The van der Waals surface area contributed by atoms with Gasteiger partial charge in [0.15, 0.2) is 5.78 Å². The normalized spacial score (nSPS) is 12.6. The molecule has 0 saturated heterocycles. The van der Waals surface area contributed by atoms with Crippen molar-refractivity contribution in [3.05, 3.63) is 65.7 Å². The highest BCUT2D eigenvalue weighted by Crippen LogP contribution is 2.21. The van der Waals surface area contributed by atoms with Gasteiger partial charge in [-0.1, -0.05) is 49.4 Å². The molecular weight excluding hydrogens is 338 g/mol. The van der Waals surface area contributed by atoms with Crippen molar-refractivity contribution in [2.24, 2.45) is 0 Å². The summed E-state index contributed by atoms with van der Waals surface area (Å²) in [6.07, 6.45) is 1.47. The zero-order valence-electron chi connectivity index (χ0n) is 16.6. The second-order valence-electron chi connectivity index (χ2n) is 7.49. The summed E-state index contributed by atoms with van der Waals surface area (Å²) in [6.45, 7) is 6.90. The molecule has 2 aromatic rings. The fourth-order valence-corrected chi connectivity index (χ4v) is 2.62. The number of aliphatic hydroxyl groups is 1. The molecule has 0 fully saturated rings. The van der Waals surface area contributed by atoms with Crippen LogP contribution in [0.3, 0.4) is 0 Å². The van der Waals surface area contributed by atoms with Gasteiger partial charge in [0, 0.05) is 18.5 Å². The maximum Gasteiger partial charge on any atom is 0.166 e. The monoisotopic (exact) mass is 369 g/mol. The van der Waals surface area contributed by atoms with Gasteiger partial charge in [-0.3, -0.25) is 4.79 Å². The van der Waals surface area contributed by atoms with Crippen molar-refractivity contribution >= 4 is 5.78 Å². The van der Waals surface area contributed by atoms with E-state index in [1.54, 1.807) is 12.1 Å². The molecule has 27 heavy (non-hydrogen) atoms. The largest absolute Gasteiger partial charge is 0.490 e. The van der Waals surface area contributed by atoms with Gasteiger partial charge in [0.2, 0.25) is 0 Å². The number of Topliss-reactive ketones (excluding diaryl/α,β-unsaturated/α-hetero) is 1. The predicted molar refractivity (Wildman–Crippen MR) is 109 cm³/mol. The van der Waals surface area contributed by atoms with Crippen molar-refractivity contribution in [3.8, 4) is 5.75 Å². The topological polar surface area (TPSA) is 58.6 Å². The summed E-state index contributed by atoms with van der Waals surface area (Å²) in [7, 11) is 0. The molecule has 146 valence electrons. The lowest BCUT2D eigenvalue weighted by Crippen LogP contribution is -2.44. The summed E-state index contributed by atoms with van der Waals surface area (Å²) in [5.74, 6) is 0.582. The highest BCUT2D eigenvalue weighted by molar-refractivity contribution is 5.98. The number of ether oxygens (including phenoxy) is 1. The molecule has 1 atom stereocenters. The van der Waals surface area contributed by atoms with E-state index in [4.69, 9.17) is 4.74 Å². The third-order valence-corrected chi connectivity index (χ3v) is 4.80. The molecule has 0 amide bonds. The second-order valence-corrected chi connectivity index (χ2v) is 7.49. The SMILES string of the molecule is CCC(C)(C)NC[C@@H](O)COc1ccccc1C(=O)CCc1ccccc1. The first-order chi connectivity index (χ1) is 12.9. The Labute approximate surface area is 162 Å². The van der Waals surface area contributed by atoms with E-state index in [0.717, 1.165) is 12.0 Å². The number of carbonyl (C=O) groups is 1. The van der Waals surface area contributed by atoms with Gasteiger partial charge in [-0.05, 0) is 44.4 Å². The highest BCUT2D eigenvalue weighted by Gasteiger charge is 2.17. The van der Waals surface area contributed by atoms with E-state index in [9.17, 15) is 9.90 Å². The van der Waals surface area contributed by atoms with Gasteiger partial charge in [-0.2, -0.15) is 0 Å². The maximum absolute atomic E-state index is 12.6. The maximum atomic E-state index is 12.6. The molecule has 0 radical (unpaired) electrons.